The van der Waals surface area contributed by atoms with Crippen LogP contribution in [0.15, 0.2) is 72.8 Å². The van der Waals surface area contributed by atoms with Crippen molar-refractivity contribution in [1.82, 2.24) is 0 Å². The molecule has 0 saturated carbocycles. The van der Waals surface area contributed by atoms with Crippen LogP contribution in [0.25, 0.3) is 17.2 Å². The number of hydrogen-bond donors (Lipinski definition) is 0. The molecule has 0 bridgehead atoms. The summed E-state index contributed by atoms with van der Waals surface area (Å²) in [5, 5.41) is 1.23. The lowest BCUT2D eigenvalue weighted by molar-refractivity contribution is -0.156. The number of ether oxygens (including phenoxy) is 3. The lowest BCUT2D eigenvalue weighted by Crippen LogP contribution is -2.28. The van der Waals surface area contributed by atoms with Gasteiger partial charge in [0, 0.05) is 23.1 Å². The van der Waals surface area contributed by atoms with Gasteiger partial charge in [-0.2, -0.15) is 0 Å². The molecule has 3 aromatic carbocycles. The van der Waals surface area contributed by atoms with E-state index in [1.54, 1.807) is 13.0 Å². The third-order valence-corrected chi connectivity index (χ3v) is 5.46. The number of benzene rings is 3. The van der Waals surface area contributed by atoms with Gasteiger partial charge >= 0.3 is 5.97 Å². The number of rotatable bonds is 11. The first kappa shape index (κ1) is 25.8. The van der Waals surface area contributed by atoms with Crippen LogP contribution in [0.3, 0.4) is 0 Å². The summed E-state index contributed by atoms with van der Waals surface area (Å²) in [4.78, 5) is 12.0. The molecule has 0 radical (unpaired) electrons. The summed E-state index contributed by atoms with van der Waals surface area (Å²) in [6.45, 7) is 4.88. The summed E-state index contributed by atoms with van der Waals surface area (Å²) in [5.74, 6) is 0.421. The number of halogens is 2. The first-order chi connectivity index (χ1) is 16.5. The van der Waals surface area contributed by atoms with E-state index in [2.05, 4.69) is 0 Å². The Bertz CT molecular complexity index is 1070. The molecule has 0 aromatic heterocycles. The van der Waals surface area contributed by atoms with Crippen molar-refractivity contribution in [2.45, 2.75) is 26.4 Å². The lowest BCUT2D eigenvalue weighted by Gasteiger charge is -2.15. The van der Waals surface area contributed by atoms with E-state index in [1.807, 2.05) is 79.7 Å². The molecule has 34 heavy (non-hydrogen) atoms. The van der Waals surface area contributed by atoms with Crippen molar-refractivity contribution in [3.05, 3.63) is 94.0 Å². The van der Waals surface area contributed by atoms with E-state index in [9.17, 15) is 4.79 Å². The molecule has 0 fully saturated rings. The number of carbonyl (C=O) groups excluding carboxylic acids is 1. The van der Waals surface area contributed by atoms with Crippen LogP contribution in [0.1, 0.15) is 25.0 Å². The van der Waals surface area contributed by atoms with E-state index in [-0.39, 0.29) is 5.97 Å². The highest BCUT2D eigenvalue weighted by Gasteiger charge is 2.20. The molecule has 0 aliphatic rings. The van der Waals surface area contributed by atoms with Crippen LogP contribution in [0, 0.1) is 0 Å². The molecule has 0 N–H and O–H groups in total. The van der Waals surface area contributed by atoms with E-state index < -0.39 is 6.10 Å². The highest BCUT2D eigenvalue weighted by Crippen LogP contribution is 2.27. The Labute approximate surface area is 211 Å². The summed E-state index contributed by atoms with van der Waals surface area (Å²) < 4.78 is 16.4. The summed E-state index contributed by atoms with van der Waals surface area (Å²) in [5.41, 5.74) is 4.08. The molecule has 1 atom stereocenters. The molecule has 3 rings (SSSR count). The topological polar surface area (TPSA) is 44.8 Å². The molecule has 4 nitrogen and oxygen atoms in total. The van der Waals surface area contributed by atoms with Gasteiger partial charge in [0.05, 0.1) is 6.61 Å². The Hall–Kier alpha value is -2.79. The monoisotopic (exact) mass is 498 g/mol. The van der Waals surface area contributed by atoms with Gasteiger partial charge in [-0.15, -0.1) is 0 Å². The minimum absolute atomic E-state index is 0.334. The van der Waals surface area contributed by atoms with E-state index in [0.717, 1.165) is 28.0 Å². The fraction of sp³-hybridized carbons (Fsp3) is 0.250. The van der Waals surface area contributed by atoms with Crippen molar-refractivity contribution in [3.8, 4) is 16.9 Å². The highest BCUT2D eigenvalue weighted by molar-refractivity contribution is 6.35. The molecular weight excluding hydrogens is 471 g/mol. The standard InChI is InChI=1S/C28H28Cl2O4/c1-3-32-27(28(31)33-4-2)16-21-9-13-26(14-10-21)34-15-5-6-20-7-11-22(12-8-20)23-17-24(29)19-25(30)18-23/h5-14,17-19,27H,3-4,15-16H2,1-2H3/b6-5+/t27-/m0/s1. The zero-order valence-electron chi connectivity index (χ0n) is 19.3. The Morgan fingerprint density at radius 2 is 1.56 bits per heavy atom. The molecule has 0 heterocycles. The Kier molecular flexibility index (Phi) is 10.0. The third kappa shape index (κ3) is 7.91. The Balaban J connectivity index is 1.51. The summed E-state index contributed by atoms with van der Waals surface area (Å²) >= 11 is 12.2. The maximum absolute atomic E-state index is 12.0. The molecular formula is C28H28Cl2O4. The molecule has 6 heteroatoms. The zero-order valence-corrected chi connectivity index (χ0v) is 20.8. The Morgan fingerprint density at radius 3 is 2.18 bits per heavy atom. The SMILES string of the molecule is CCOC(=O)[C@H](Cc1ccc(OC/C=C/c2ccc(-c3cc(Cl)cc(Cl)c3)cc2)cc1)OCC. The van der Waals surface area contributed by atoms with Gasteiger partial charge in [0.25, 0.3) is 0 Å². The van der Waals surface area contributed by atoms with Gasteiger partial charge in [-0.05, 0) is 72.5 Å². The lowest BCUT2D eigenvalue weighted by atomic mass is 10.0. The normalized spacial score (nSPS) is 12.0. The van der Waals surface area contributed by atoms with Crippen LogP contribution in [-0.2, 0) is 20.7 Å². The first-order valence-electron chi connectivity index (χ1n) is 11.2. The fourth-order valence-electron chi connectivity index (χ4n) is 3.42. The largest absolute Gasteiger partial charge is 0.490 e. The van der Waals surface area contributed by atoms with Crippen molar-refractivity contribution < 1.29 is 19.0 Å². The average Bonchev–Trinajstić information content (AvgIpc) is 2.82. The smallest absolute Gasteiger partial charge is 0.335 e. The van der Waals surface area contributed by atoms with E-state index >= 15 is 0 Å². The summed E-state index contributed by atoms with van der Waals surface area (Å²) in [7, 11) is 0. The van der Waals surface area contributed by atoms with Gasteiger partial charge in [-0.3, -0.25) is 0 Å². The molecule has 0 saturated heterocycles. The molecule has 0 aliphatic carbocycles. The second-order valence-electron chi connectivity index (χ2n) is 7.54. The third-order valence-electron chi connectivity index (χ3n) is 5.02. The number of carbonyl (C=O) groups is 1. The van der Waals surface area contributed by atoms with Gasteiger partial charge in [0.15, 0.2) is 6.10 Å². The number of hydrogen-bond acceptors (Lipinski definition) is 4. The molecule has 0 unspecified atom stereocenters. The van der Waals surface area contributed by atoms with Crippen LogP contribution in [-0.4, -0.2) is 31.9 Å². The summed E-state index contributed by atoms with van der Waals surface area (Å²) in [6, 6.07) is 21.3. The van der Waals surface area contributed by atoms with Crippen LogP contribution in [0.4, 0.5) is 0 Å². The molecule has 3 aromatic rings. The second kappa shape index (κ2) is 13.2. The van der Waals surface area contributed by atoms with Crippen molar-refractivity contribution in [3.63, 3.8) is 0 Å². The molecule has 0 amide bonds. The van der Waals surface area contributed by atoms with Gasteiger partial charge in [0.1, 0.15) is 12.4 Å². The quantitative estimate of drug-likeness (QED) is 0.261. The van der Waals surface area contributed by atoms with Crippen LogP contribution in [0.2, 0.25) is 10.0 Å². The predicted octanol–water partition coefficient (Wildman–Crippen LogP) is 7.26. The van der Waals surface area contributed by atoms with E-state index in [4.69, 9.17) is 37.4 Å². The first-order valence-corrected chi connectivity index (χ1v) is 12.0. The van der Waals surface area contributed by atoms with Crippen molar-refractivity contribution in [2.24, 2.45) is 0 Å². The molecule has 178 valence electrons. The number of esters is 1. The van der Waals surface area contributed by atoms with Gasteiger partial charge in [-0.25, -0.2) is 4.79 Å². The van der Waals surface area contributed by atoms with Crippen molar-refractivity contribution in [2.75, 3.05) is 19.8 Å². The van der Waals surface area contributed by atoms with Crippen LogP contribution < -0.4 is 4.74 Å². The van der Waals surface area contributed by atoms with Gasteiger partial charge in [-0.1, -0.05) is 65.7 Å². The van der Waals surface area contributed by atoms with Crippen LogP contribution >= 0.6 is 23.2 Å². The van der Waals surface area contributed by atoms with Crippen LogP contribution in [0.5, 0.6) is 5.75 Å². The Morgan fingerprint density at radius 1 is 0.882 bits per heavy atom. The maximum Gasteiger partial charge on any atom is 0.335 e. The van der Waals surface area contributed by atoms with Gasteiger partial charge < -0.3 is 14.2 Å². The van der Waals surface area contributed by atoms with E-state index in [0.29, 0.717) is 36.3 Å². The second-order valence-corrected chi connectivity index (χ2v) is 8.41. The zero-order chi connectivity index (χ0) is 24.3. The fourth-order valence-corrected chi connectivity index (χ4v) is 3.94. The minimum Gasteiger partial charge on any atom is -0.490 e. The highest BCUT2D eigenvalue weighted by atomic mass is 35.5. The average molecular weight is 499 g/mol. The van der Waals surface area contributed by atoms with E-state index in [1.165, 1.54) is 0 Å². The van der Waals surface area contributed by atoms with Crippen molar-refractivity contribution >= 4 is 35.2 Å². The maximum atomic E-state index is 12.0. The van der Waals surface area contributed by atoms with Gasteiger partial charge in [0.2, 0.25) is 0 Å². The predicted molar refractivity (Wildman–Crippen MR) is 139 cm³/mol. The molecule has 0 spiro atoms. The minimum atomic E-state index is -0.595. The van der Waals surface area contributed by atoms with Crippen molar-refractivity contribution in [1.29, 1.82) is 0 Å². The summed E-state index contributed by atoms with van der Waals surface area (Å²) in [6.07, 6.45) is 3.84. The molecule has 0 aliphatic heterocycles.